The van der Waals surface area contributed by atoms with Crippen molar-refractivity contribution in [2.75, 3.05) is 5.75 Å². The lowest BCUT2D eigenvalue weighted by Crippen LogP contribution is -2.03. The van der Waals surface area contributed by atoms with Crippen molar-refractivity contribution in [3.8, 4) is 11.4 Å². The fourth-order valence-electron chi connectivity index (χ4n) is 1.70. The summed E-state index contributed by atoms with van der Waals surface area (Å²) in [4.78, 5) is 14.7. The second kappa shape index (κ2) is 5.83. The number of aromatic nitrogens is 4. The minimum atomic E-state index is -0.866. The smallest absolute Gasteiger partial charge is 0.313 e. The van der Waals surface area contributed by atoms with Gasteiger partial charge in [0.15, 0.2) is 11.0 Å². The number of carboxylic acids is 1. The number of aliphatic carboxylic acids is 1. The monoisotopic (exact) mass is 278 g/mol. The van der Waals surface area contributed by atoms with E-state index in [0.29, 0.717) is 17.5 Å². The van der Waals surface area contributed by atoms with Crippen LogP contribution in [0.4, 0.5) is 0 Å². The molecule has 0 aromatic carbocycles. The van der Waals surface area contributed by atoms with Crippen LogP contribution in [0.3, 0.4) is 0 Å². The molecule has 2 aromatic rings. The number of aryl methyl sites for hydroxylation is 1. The molecule has 2 rings (SSSR count). The fraction of sp³-hybridized carbons (Fsp3) is 0.333. The van der Waals surface area contributed by atoms with Crippen LogP contribution < -0.4 is 0 Å². The van der Waals surface area contributed by atoms with Gasteiger partial charge in [0, 0.05) is 24.5 Å². The highest BCUT2D eigenvalue weighted by molar-refractivity contribution is 7.99. The van der Waals surface area contributed by atoms with E-state index < -0.39 is 5.97 Å². The van der Waals surface area contributed by atoms with Gasteiger partial charge in [0.2, 0.25) is 0 Å². The van der Waals surface area contributed by atoms with Gasteiger partial charge in [-0.1, -0.05) is 11.8 Å². The molecule has 2 heterocycles. The second-order valence-electron chi connectivity index (χ2n) is 3.98. The molecule has 19 heavy (non-hydrogen) atoms. The Labute approximate surface area is 114 Å². The Morgan fingerprint density at radius 3 is 2.84 bits per heavy atom. The third-order valence-corrected chi connectivity index (χ3v) is 3.44. The summed E-state index contributed by atoms with van der Waals surface area (Å²) < 4.78 is 1.89. The molecule has 0 aliphatic rings. The predicted octanol–water partition coefficient (Wildman–Crippen LogP) is 1.85. The third-order valence-electron chi connectivity index (χ3n) is 2.49. The second-order valence-corrected chi connectivity index (χ2v) is 4.93. The maximum Gasteiger partial charge on any atom is 0.313 e. The molecule has 0 aliphatic carbocycles. The van der Waals surface area contributed by atoms with Gasteiger partial charge in [0.1, 0.15) is 0 Å². The first kappa shape index (κ1) is 13.5. The summed E-state index contributed by atoms with van der Waals surface area (Å²) in [6, 6.07) is 1.98. The van der Waals surface area contributed by atoms with Crippen molar-refractivity contribution >= 4 is 17.7 Å². The van der Waals surface area contributed by atoms with E-state index in [4.69, 9.17) is 5.11 Å². The predicted molar refractivity (Wildman–Crippen MR) is 72.0 cm³/mol. The van der Waals surface area contributed by atoms with Crippen LogP contribution in [0.15, 0.2) is 23.6 Å². The zero-order valence-corrected chi connectivity index (χ0v) is 11.5. The van der Waals surface area contributed by atoms with Gasteiger partial charge in [-0.2, -0.15) is 0 Å². The summed E-state index contributed by atoms with van der Waals surface area (Å²) in [5.74, 6) is -0.175. The normalized spacial score (nSPS) is 10.6. The van der Waals surface area contributed by atoms with Crippen LogP contribution in [-0.2, 0) is 11.3 Å². The van der Waals surface area contributed by atoms with E-state index in [1.807, 2.05) is 24.5 Å². The summed E-state index contributed by atoms with van der Waals surface area (Å²) in [5, 5.41) is 17.5. The molecule has 0 atom stereocenters. The number of hydrogen-bond acceptors (Lipinski definition) is 5. The van der Waals surface area contributed by atoms with Crippen LogP contribution in [0.25, 0.3) is 11.4 Å². The first-order valence-corrected chi connectivity index (χ1v) is 6.80. The highest BCUT2D eigenvalue weighted by Gasteiger charge is 2.14. The Bertz CT molecular complexity index is 597. The number of rotatable bonds is 5. The van der Waals surface area contributed by atoms with Crippen LogP contribution in [0.5, 0.6) is 0 Å². The average Bonchev–Trinajstić information content (AvgIpc) is 2.79. The molecular weight excluding hydrogens is 264 g/mol. The van der Waals surface area contributed by atoms with Crippen molar-refractivity contribution in [1.29, 1.82) is 0 Å². The Balaban J connectivity index is 2.34. The van der Waals surface area contributed by atoms with E-state index in [2.05, 4.69) is 15.2 Å². The minimum absolute atomic E-state index is 0.0236. The molecule has 7 heteroatoms. The quantitative estimate of drug-likeness (QED) is 0.841. The van der Waals surface area contributed by atoms with Gasteiger partial charge < -0.3 is 9.67 Å². The van der Waals surface area contributed by atoms with Crippen LogP contribution in [-0.4, -0.2) is 36.6 Å². The molecule has 2 aromatic heterocycles. The molecule has 0 radical (unpaired) electrons. The number of pyridine rings is 1. The molecule has 0 spiro atoms. The maximum absolute atomic E-state index is 10.6. The zero-order chi connectivity index (χ0) is 13.8. The van der Waals surface area contributed by atoms with Gasteiger partial charge >= 0.3 is 5.97 Å². The van der Waals surface area contributed by atoms with Crippen molar-refractivity contribution in [3.63, 3.8) is 0 Å². The first-order chi connectivity index (χ1) is 9.11. The minimum Gasteiger partial charge on any atom is -0.481 e. The Morgan fingerprint density at radius 1 is 1.42 bits per heavy atom. The molecule has 0 saturated carbocycles. The highest BCUT2D eigenvalue weighted by Crippen LogP contribution is 2.23. The van der Waals surface area contributed by atoms with E-state index in [1.54, 1.807) is 12.4 Å². The Hall–Kier alpha value is -1.89. The third kappa shape index (κ3) is 3.11. The zero-order valence-electron chi connectivity index (χ0n) is 10.7. The van der Waals surface area contributed by atoms with E-state index in [1.165, 1.54) is 11.8 Å². The van der Waals surface area contributed by atoms with Gasteiger partial charge in [0.05, 0.1) is 5.75 Å². The van der Waals surface area contributed by atoms with Gasteiger partial charge in [0.25, 0.3) is 0 Å². The van der Waals surface area contributed by atoms with Gasteiger partial charge in [-0.25, -0.2) is 0 Å². The first-order valence-electron chi connectivity index (χ1n) is 5.81. The summed E-state index contributed by atoms with van der Waals surface area (Å²) in [5.41, 5.74) is 1.93. The summed E-state index contributed by atoms with van der Waals surface area (Å²) in [7, 11) is 0. The van der Waals surface area contributed by atoms with E-state index in [-0.39, 0.29) is 5.75 Å². The molecule has 0 amide bonds. The SMILES string of the molecule is CCn1c(SCC(=O)O)nnc1-c1cncc(C)c1. The van der Waals surface area contributed by atoms with Crippen LogP contribution in [0.2, 0.25) is 0 Å². The molecule has 0 unspecified atom stereocenters. The van der Waals surface area contributed by atoms with Crippen molar-refractivity contribution in [1.82, 2.24) is 19.7 Å². The van der Waals surface area contributed by atoms with Crippen LogP contribution in [0.1, 0.15) is 12.5 Å². The lowest BCUT2D eigenvalue weighted by Gasteiger charge is -2.06. The maximum atomic E-state index is 10.6. The van der Waals surface area contributed by atoms with Crippen molar-refractivity contribution in [3.05, 3.63) is 24.0 Å². The van der Waals surface area contributed by atoms with Gasteiger partial charge in [-0.05, 0) is 25.5 Å². The summed E-state index contributed by atoms with van der Waals surface area (Å²) in [6.45, 7) is 4.61. The molecule has 0 aliphatic heterocycles. The number of nitrogens with zero attached hydrogens (tertiary/aromatic N) is 4. The fourth-order valence-corrected chi connectivity index (χ4v) is 2.42. The van der Waals surface area contributed by atoms with E-state index >= 15 is 0 Å². The van der Waals surface area contributed by atoms with E-state index in [9.17, 15) is 4.79 Å². The van der Waals surface area contributed by atoms with Gasteiger partial charge in [-0.3, -0.25) is 9.78 Å². The van der Waals surface area contributed by atoms with Crippen molar-refractivity contribution in [2.45, 2.75) is 25.5 Å². The van der Waals surface area contributed by atoms with E-state index in [0.717, 1.165) is 11.1 Å². The topological polar surface area (TPSA) is 80.9 Å². The average molecular weight is 278 g/mol. The van der Waals surface area contributed by atoms with Crippen molar-refractivity contribution in [2.24, 2.45) is 0 Å². The summed E-state index contributed by atoms with van der Waals surface area (Å²) in [6.07, 6.45) is 3.51. The molecule has 100 valence electrons. The van der Waals surface area contributed by atoms with Crippen LogP contribution in [0, 0.1) is 6.92 Å². The Morgan fingerprint density at radius 2 is 2.21 bits per heavy atom. The number of carboxylic acid groups (broad SMARTS) is 1. The number of carbonyl (C=O) groups is 1. The standard InChI is InChI=1S/C12H14N4O2S/c1-3-16-11(9-4-8(2)5-13-6-9)14-15-12(16)19-7-10(17)18/h4-6H,3,7H2,1-2H3,(H,17,18). The lowest BCUT2D eigenvalue weighted by atomic mass is 10.2. The van der Waals surface area contributed by atoms with Crippen molar-refractivity contribution < 1.29 is 9.90 Å². The molecule has 0 fully saturated rings. The Kier molecular flexibility index (Phi) is 4.16. The summed E-state index contributed by atoms with van der Waals surface area (Å²) >= 11 is 1.17. The van der Waals surface area contributed by atoms with Gasteiger partial charge in [-0.15, -0.1) is 10.2 Å². The molecular formula is C12H14N4O2S. The highest BCUT2D eigenvalue weighted by atomic mass is 32.2. The molecule has 0 saturated heterocycles. The molecule has 1 N–H and O–H groups in total. The largest absolute Gasteiger partial charge is 0.481 e. The number of thioether (sulfide) groups is 1. The number of hydrogen-bond donors (Lipinski definition) is 1. The molecule has 6 nitrogen and oxygen atoms in total. The lowest BCUT2D eigenvalue weighted by molar-refractivity contribution is -0.133. The molecule has 0 bridgehead atoms. The van der Waals surface area contributed by atoms with Crippen LogP contribution >= 0.6 is 11.8 Å².